The van der Waals surface area contributed by atoms with E-state index in [9.17, 15) is 0 Å². The maximum absolute atomic E-state index is 6.32. The third kappa shape index (κ3) is 3.73. The molecule has 2 rings (SSSR count). The summed E-state index contributed by atoms with van der Waals surface area (Å²) in [6.07, 6.45) is 3.67. The van der Waals surface area contributed by atoms with Crippen LogP contribution < -0.4 is 10.6 Å². The molecule has 1 aliphatic carbocycles. The van der Waals surface area contributed by atoms with Gasteiger partial charge in [-0.3, -0.25) is 0 Å². The lowest BCUT2D eigenvalue weighted by Crippen LogP contribution is -2.44. The first-order chi connectivity index (χ1) is 8.87. The van der Waals surface area contributed by atoms with Crippen LogP contribution in [0.15, 0.2) is 24.3 Å². The number of hydrogen-bond donors (Lipinski definition) is 1. The first-order valence-electron chi connectivity index (χ1n) is 7.41. The van der Waals surface area contributed by atoms with Crippen LogP contribution in [0.4, 0.5) is 5.69 Å². The molecule has 2 heteroatoms. The smallest absolute Gasteiger partial charge is 0.0363 e. The zero-order valence-electron chi connectivity index (χ0n) is 12.8. The third-order valence-electron chi connectivity index (χ3n) is 4.56. The quantitative estimate of drug-likeness (QED) is 0.900. The van der Waals surface area contributed by atoms with Crippen molar-refractivity contribution in [2.45, 2.75) is 46.1 Å². The Morgan fingerprint density at radius 1 is 1.26 bits per heavy atom. The molecule has 0 heterocycles. The maximum Gasteiger partial charge on any atom is 0.0363 e. The maximum atomic E-state index is 6.32. The van der Waals surface area contributed by atoms with Crippen LogP contribution in [-0.4, -0.2) is 19.6 Å². The number of hydrogen-bond acceptors (Lipinski definition) is 2. The van der Waals surface area contributed by atoms with Crippen molar-refractivity contribution < 1.29 is 0 Å². The Bertz CT molecular complexity index is 408. The summed E-state index contributed by atoms with van der Waals surface area (Å²) in [6.45, 7) is 7.94. The predicted octanol–water partition coefficient (Wildman–Crippen LogP) is 3.58. The van der Waals surface area contributed by atoms with Gasteiger partial charge in [0.1, 0.15) is 0 Å². The van der Waals surface area contributed by atoms with Crippen LogP contribution in [0.1, 0.15) is 38.7 Å². The summed E-state index contributed by atoms with van der Waals surface area (Å²) in [7, 11) is 2.18. The Hall–Kier alpha value is -1.02. The van der Waals surface area contributed by atoms with Crippen molar-refractivity contribution >= 4 is 5.69 Å². The van der Waals surface area contributed by atoms with Crippen molar-refractivity contribution in [2.24, 2.45) is 17.1 Å². The Morgan fingerprint density at radius 2 is 1.89 bits per heavy atom. The number of aryl methyl sites for hydroxylation is 1. The second-order valence-electron chi connectivity index (χ2n) is 7.05. The van der Waals surface area contributed by atoms with Crippen LogP contribution in [0.3, 0.4) is 0 Å². The van der Waals surface area contributed by atoms with Gasteiger partial charge in [0.15, 0.2) is 0 Å². The van der Waals surface area contributed by atoms with Gasteiger partial charge in [-0.25, -0.2) is 0 Å². The number of anilines is 1. The van der Waals surface area contributed by atoms with Gasteiger partial charge >= 0.3 is 0 Å². The fourth-order valence-corrected chi connectivity index (χ4v) is 3.21. The van der Waals surface area contributed by atoms with Crippen molar-refractivity contribution in [1.82, 2.24) is 0 Å². The summed E-state index contributed by atoms with van der Waals surface area (Å²) in [6, 6.07) is 9.12. The minimum absolute atomic E-state index is 0.362. The first-order valence-corrected chi connectivity index (χ1v) is 7.41. The van der Waals surface area contributed by atoms with E-state index in [0.717, 1.165) is 6.54 Å². The lowest BCUT2D eigenvalue weighted by atomic mass is 9.70. The predicted molar refractivity (Wildman–Crippen MR) is 83.5 cm³/mol. The second-order valence-corrected chi connectivity index (χ2v) is 7.05. The van der Waals surface area contributed by atoms with E-state index in [-0.39, 0.29) is 0 Å². The van der Waals surface area contributed by atoms with E-state index in [2.05, 4.69) is 57.0 Å². The van der Waals surface area contributed by atoms with Gasteiger partial charge in [-0.2, -0.15) is 0 Å². The highest BCUT2D eigenvalue weighted by Gasteiger charge is 2.33. The molecule has 2 atom stereocenters. The van der Waals surface area contributed by atoms with E-state index in [1.807, 2.05) is 0 Å². The SMILES string of the molecule is Cc1ccc(N(C)CC2CC(C)(C)CCC2N)cc1. The Labute approximate surface area is 118 Å². The molecule has 0 spiro atoms. The average molecular weight is 260 g/mol. The fourth-order valence-electron chi connectivity index (χ4n) is 3.21. The highest BCUT2D eigenvalue weighted by Crippen LogP contribution is 2.38. The number of nitrogens with two attached hydrogens (primary N) is 1. The molecule has 1 aromatic rings. The minimum Gasteiger partial charge on any atom is -0.374 e. The summed E-state index contributed by atoms with van der Waals surface area (Å²) in [5.74, 6) is 0.607. The van der Waals surface area contributed by atoms with Gasteiger partial charge in [0.25, 0.3) is 0 Å². The lowest BCUT2D eigenvalue weighted by molar-refractivity contribution is 0.161. The summed E-state index contributed by atoms with van der Waals surface area (Å²) in [4.78, 5) is 2.35. The van der Waals surface area contributed by atoms with Gasteiger partial charge in [-0.05, 0) is 49.7 Å². The standard InChI is InChI=1S/C17H28N2/c1-13-5-7-15(8-6-13)19(4)12-14-11-17(2,3)10-9-16(14)18/h5-8,14,16H,9-12,18H2,1-4H3. The fraction of sp³-hybridized carbons (Fsp3) is 0.647. The molecule has 1 aliphatic rings. The molecule has 2 N–H and O–H groups in total. The van der Waals surface area contributed by atoms with Crippen LogP contribution >= 0.6 is 0 Å². The Morgan fingerprint density at radius 3 is 2.53 bits per heavy atom. The van der Waals surface area contributed by atoms with Gasteiger partial charge in [-0.15, -0.1) is 0 Å². The van der Waals surface area contributed by atoms with E-state index < -0.39 is 0 Å². The monoisotopic (exact) mass is 260 g/mol. The minimum atomic E-state index is 0.362. The normalized spacial score (nSPS) is 26.2. The highest BCUT2D eigenvalue weighted by atomic mass is 15.1. The molecule has 106 valence electrons. The number of rotatable bonds is 3. The summed E-state index contributed by atoms with van der Waals surface area (Å²) in [5, 5.41) is 0. The van der Waals surface area contributed by atoms with E-state index >= 15 is 0 Å². The first kappa shape index (κ1) is 14.4. The molecule has 1 aromatic carbocycles. The zero-order chi connectivity index (χ0) is 14.0. The average Bonchev–Trinajstić information content (AvgIpc) is 2.34. The molecule has 2 nitrogen and oxygen atoms in total. The molecule has 0 aliphatic heterocycles. The molecule has 19 heavy (non-hydrogen) atoms. The van der Waals surface area contributed by atoms with Crippen molar-refractivity contribution in [2.75, 3.05) is 18.5 Å². The molecular formula is C17H28N2. The molecule has 0 amide bonds. The van der Waals surface area contributed by atoms with Crippen LogP contribution in [0.25, 0.3) is 0 Å². The molecule has 0 bridgehead atoms. The van der Waals surface area contributed by atoms with Gasteiger partial charge in [0, 0.05) is 25.3 Å². The molecule has 1 fully saturated rings. The summed E-state index contributed by atoms with van der Waals surface area (Å²) < 4.78 is 0. The van der Waals surface area contributed by atoms with Crippen molar-refractivity contribution in [3.05, 3.63) is 29.8 Å². The Balaban J connectivity index is 2.01. The molecule has 0 saturated heterocycles. The largest absolute Gasteiger partial charge is 0.374 e. The lowest BCUT2D eigenvalue weighted by Gasteiger charge is -2.41. The van der Waals surface area contributed by atoms with Crippen LogP contribution in [0.2, 0.25) is 0 Å². The zero-order valence-corrected chi connectivity index (χ0v) is 12.8. The van der Waals surface area contributed by atoms with Gasteiger partial charge < -0.3 is 10.6 Å². The van der Waals surface area contributed by atoms with Gasteiger partial charge in [0.2, 0.25) is 0 Å². The van der Waals surface area contributed by atoms with E-state index in [1.165, 1.54) is 30.5 Å². The van der Waals surface area contributed by atoms with E-state index in [1.54, 1.807) is 0 Å². The van der Waals surface area contributed by atoms with E-state index in [4.69, 9.17) is 5.73 Å². The third-order valence-corrected chi connectivity index (χ3v) is 4.56. The molecule has 0 aromatic heterocycles. The summed E-state index contributed by atoms with van der Waals surface area (Å²) >= 11 is 0. The Kier molecular flexibility index (Phi) is 4.19. The van der Waals surface area contributed by atoms with Crippen molar-refractivity contribution in [3.8, 4) is 0 Å². The second kappa shape index (κ2) is 5.54. The van der Waals surface area contributed by atoms with Crippen molar-refractivity contribution in [3.63, 3.8) is 0 Å². The number of benzene rings is 1. The molecule has 1 saturated carbocycles. The van der Waals surface area contributed by atoms with Crippen LogP contribution in [-0.2, 0) is 0 Å². The van der Waals surface area contributed by atoms with E-state index in [0.29, 0.717) is 17.4 Å². The number of nitrogens with zero attached hydrogens (tertiary/aromatic N) is 1. The highest BCUT2D eigenvalue weighted by molar-refractivity contribution is 5.46. The molecule has 0 radical (unpaired) electrons. The topological polar surface area (TPSA) is 29.3 Å². The van der Waals surface area contributed by atoms with Crippen LogP contribution in [0, 0.1) is 18.3 Å². The molecule has 2 unspecified atom stereocenters. The van der Waals surface area contributed by atoms with Gasteiger partial charge in [0.05, 0.1) is 0 Å². The van der Waals surface area contributed by atoms with Gasteiger partial charge in [-0.1, -0.05) is 31.5 Å². The molecular weight excluding hydrogens is 232 g/mol. The van der Waals surface area contributed by atoms with Crippen LogP contribution in [0.5, 0.6) is 0 Å². The van der Waals surface area contributed by atoms with Crippen molar-refractivity contribution in [1.29, 1.82) is 0 Å². The summed E-state index contributed by atoms with van der Waals surface area (Å²) in [5.41, 5.74) is 9.38.